The molecular formula is C18H26ClN3O2. The molecule has 2 rings (SSSR count). The van der Waals surface area contributed by atoms with E-state index in [1.54, 1.807) is 18.2 Å². The van der Waals surface area contributed by atoms with Crippen LogP contribution in [0.5, 0.6) is 0 Å². The fourth-order valence-corrected chi connectivity index (χ4v) is 3.31. The molecule has 0 aliphatic carbocycles. The summed E-state index contributed by atoms with van der Waals surface area (Å²) in [5.41, 5.74) is 0.903. The zero-order valence-electron chi connectivity index (χ0n) is 14.3. The van der Waals surface area contributed by atoms with E-state index in [1.165, 1.54) is 0 Å². The van der Waals surface area contributed by atoms with Crippen molar-refractivity contribution < 1.29 is 9.59 Å². The zero-order chi connectivity index (χ0) is 17.5. The van der Waals surface area contributed by atoms with Crippen LogP contribution in [0, 0.1) is 11.8 Å². The van der Waals surface area contributed by atoms with Crippen LogP contribution in [0.15, 0.2) is 18.2 Å². The van der Waals surface area contributed by atoms with E-state index in [0.29, 0.717) is 41.1 Å². The molecule has 0 aromatic heterocycles. The van der Waals surface area contributed by atoms with Gasteiger partial charge in [-0.25, -0.2) is 0 Å². The van der Waals surface area contributed by atoms with Gasteiger partial charge in [0.2, 0.25) is 5.91 Å². The summed E-state index contributed by atoms with van der Waals surface area (Å²) in [6.45, 7) is 6.54. The van der Waals surface area contributed by atoms with Crippen LogP contribution in [-0.2, 0) is 4.79 Å². The highest BCUT2D eigenvalue weighted by Crippen LogP contribution is 2.26. The van der Waals surface area contributed by atoms with Crippen molar-refractivity contribution in [1.82, 2.24) is 10.6 Å². The number of halogens is 1. The summed E-state index contributed by atoms with van der Waals surface area (Å²) in [6.07, 6.45) is 2.68. The Morgan fingerprint density at radius 1 is 1.33 bits per heavy atom. The Morgan fingerprint density at radius 2 is 2.04 bits per heavy atom. The summed E-state index contributed by atoms with van der Waals surface area (Å²) in [7, 11) is 0. The topological polar surface area (TPSA) is 70.2 Å². The van der Waals surface area contributed by atoms with Crippen LogP contribution in [0.3, 0.4) is 0 Å². The van der Waals surface area contributed by atoms with Crippen molar-refractivity contribution in [3.63, 3.8) is 0 Å². The fourth-order valence-electron chi connectivity index (χ4n) is 3.14. The van der Waals surface area contributed by atoms with E-state index in [0.717, 1.165) is 25.9 Å². The van der Waals surface area contributed by atoms with Crippen molar-refractivity contribution in [2.75, 3.05) is 25.0 Å². The average molecular weight is 352 g/mol. The highest BCUT2D eigenvalue weighted by atomic mass is 35.5. The largest absolute Gasteiger partial charge is 0.352 e. The summed E-state index contributed by atoms with van der Waals surface area (Å²) < 4.78 is 0. The number of carbonyl (C=O) groups excluding carboxylic acids is 2. The molecule has 1 aliphatic rings. The van der Waals surface area contributed by atoms with Crippen molar-refractivity contribution in [2.45, 2.75) is 33.1 Å². The molecule has 1 atom stereocenters. The van der Waals surface area contributed by atoms with Gasteiger partial charge in [0.1, 0.15) is 0 Å². The zero-order valence-corrected chi connectivity index (χ0v) is 15.1. The van der Waals surface area contributed by atoms with E-state index in [4.69, 9.17) is 11.6 Å². The average Bonchev–Trinajstić information content (AvgIpc) is 2.57. The molecule has 1 unspecified atom stereocenters. The van der Waals surface area contributed by atoms with Gasteiger partial charge in [0.15, 0.2) is 0 Å². The number of nitrogens with one attached hydrogen (secondary N) is 3. The van der Waals surface area contributed by atoms with Crippen LogP contribution in [0.25, 0.3) is 0 Å². The Hall–Kier alpha value is -1.59. The smallest absolute Gasteiger partial charge is 0.253 e. The second-order valence-corrected chi connectivity index (χ2v) is 6.80. The normalized spacial score (nSPS) is 16.5. The van der Waals surface area contributed by atoms with Crippen LogP contribution in [0.4, 0.5) is 5.69 Å². The number of benzene rings is 1. The maximum atomic E-state index is 12.4. The molecule has 1 fully saturated rings. The van der Waals surface area contributed by atoms with Gasteiger partial charge in [-0.3, -0.25) is 9.59 Å². The van der Waals surface area contributed by atoms with E-state index in [2.05, 4.69) is 22.9 Å². The lowest BCUT2D eigenvalue weighted by Crippen LogP contribution is -2.32. The monoisotopic (exact) mass is 351 g/mol. The van der Waals surface area contributed by atoms with Gasteiger partial charge in [-0.15, -0.1) is 0 Å². The van der Waals surface area contributed by atoms with Gasteiger partial charge in [-0.2, -0.15) is 0 Å². The lowest BCUT2D eigenvalue weighted by molar-refractivity contribution is -0.117. The number of carbonyl (C=O) groups is 2. The summed E-state index contributed by atoms with van der Waals surface area (Å²) >= 11 is 5.98. The van der Waals surface area contributed by atoms with Crippen molar-refractivity contribution >= 4 is 29.1 Å². The lowest BCUT2D eigenvalue weighted by Gasteiger charge is -2.28. The number of anilines is 1. The SMILES string of the molecule is CCNC(=O)c1cc(Cl)ccc1NC(=O)CC(C)C1CCNCC1. The number of hydrogen-bond acceptors (Lipinski definition) is 3. The molecule has 1 heterocycles. The third-order valence-electron chi connectivity index (χ3n) is 4.53. The summed E-state index contributed by atoms with van der Waals surface area (Å²) in [6, 6.07) is 4.94. The first kappa shape index (κ1) is 18.7. The van der Waals surface area contributed by atoms with Crippen LogP contribution in [-0.4, -0.2) is 31.4 Å². The molecule has 0 spiro atoms. The minimum absolute atomic E-state index is 0.0612. The minimum atomic E-state index is -0.235. The Labute approximate surface area is 148 Å². The highest BCUT2D eigenvalue weighted by Gasteiger charge is 2.22. The summed E-state index contributed by atoms with van der Waals surface area (Å²) in [5, 5.41) is 9.42. The molecule has 0 radical (unpaired) electrons. The Kier molecular flexibility index (Phi) is 7.06. The molecule has 1 aromatic rings. The molecule has 6 heteroatoms. The maximum absolute atomic E-state index is 12.4. The van der Waals surface area contributed by atoms with Crippen LogP contribution in [0.2, 0.25) is 5.02 Å². The molecule has 1 aromatic carbocycles. The van der Waals surface area contributed by atoms with Gasteiger partial charge in [0.05, 0.1) is 11.3 Å². The van der Waals surface area contributed by atoms with E-state index in [1.807, 2.05) is 6.92 Å². The molecule has 132 valence electrons. The molecule has 2 amide bonds. The third kappa shape index (κ3) is 5.21. The van der Waals surface area contributed by atoms with Crippen LogP contribution in [0.1, 0.15) is 43.5 Å². The fraction of sp³-hybridized carbons (Fsp3) is 0.556. The van der Waals surface area contributed by atoms with E-state index in [-0.39, 0.29) is 11.8 Å². The van der Waals surface area contributed by atoms with Crippen LogP contribution < -0.4 is 16.0 Å². The summed E-state index contributed by atoms with van der Waals surface area (Å²) in [4.78, 5) is 24.5. The number of amides is 2. The molecule has 24 heavy (non-hydrogen) atoms. The van der Waals surface area contributed by atoms with E-state index >= 15 is 0 Å². The first-order valence-corrected chi connectivity index (χ1v) is 8.97. The predicted octanol–water partition coefficient (Wildman–Crippen LogP) is 3.05. The summed E-state index contributed by atoms with van der Waals surface area (Å²) in [5.74, 6) is 0.605. The molecule has 3 N–H and O–H groups in total. The second kappa shape index (κ2) is 9.04. The molecule has 5 nitrogen and oxygen atoms in total. The molecule has 0 saturated carbocycles. The maximum Gasteiger partial charge on any atom is 0.253 e. The van der Waals surface area contributed by atoms with Gasteiger partial charge < -0.3 is 16.0 Å². The van der Waals surface area contributed by atoms with Crippen molar-refractivity contribution in [1.29, 1.82) is 0 Å². The van der Waals surface area contributed by atoms with Crippen molar-refractivity contribution in [3.05, 3.63) is 28.8 Å². The van der Waals surface area contributed by atoms with E-state index < -0.39 is 0 Å². The third-order valence-corrected chi connectivity index (χ3v) is 4.77. The Morgan fingerprint density at radius 3 is 2.71 bits per heavy atom. The first-order valence-electron chi connectivity index (χ1n) is 8.59. The second-order valence-electron chi connectivity index (χ2n) is 6.37. The lowest BCUT2D eigenvalue weighted by atomic mass is 9.84. The number of piperidine rings is 1. The number of hydrogen-bond donors (Lipinski definition) is 3. The quantitative estimate of drug-likeness (QED) is 0.737. The Balaban J connectivity index is 2.01. The van der Waals surface area contributed by atoms with Crippen LogP contribution >= 0.6 is 11.6 Å². The predicted molar refractivity (Wildman–Crippen MR) is 97.5 cm³/mol. The molecule has 0 bridgehead atoms. The first-order chi connectivity index (χ1) is 11.5. The van der Waals surface area contributed by atoms with Crippen molar-refractivity contribution in [3.8, 4) is 0 Å². The van der Waals surface area contributed by atoms with Gasteiger partial charge in [-0.05, 0) is 62.9 Å². The minimum Gasteiger partial charge on any atom is -0.352 e. The molecule has 1 aliphatic heterocycles. The van der Waals surface area contributed by atoms with Gasteiger partial charge in [0.25, 0.3) is 5.91 Å². The Bertz CT molecular complexity index is 586. The molecule has 1 saturated heterocycles. The standard InChI is InChI=1S/C18H26ClN3O2/c1-3-21-18(24)15-11-14(19)4-5-16(15)22-17(23)10-12(2)13-6-8-20-9-7-13/h4-5,11-13,20H,3,6-10H2,1-2H3,(H,21,24)(H,22,23). The van der Waals surface area contributed by atoms with Crippen molar-refractivity contribution in [2.24, 2.45) is 11.8 Å². The number of rotatable bonds is 6. The van der Waals surface area contributed by atoms with Gasteiger partial charge in [-0.1, -0.05) is 18.5 Å². The van der Waals surface area contributed by atoms with E-state index in [9.17, 15) is 9.59 Å². The van der Waals surface area contributed by atoms with Gasteiger partial charge in [0, 0.05) is 18.0 Å². The van der Waals surface area contributed by atoms with Gasteiger partial charge >= 0.3 is 0 Å². The molecular weight excluding hydrogens is 326 g/mol. The highest BCUT2D eigenvalue weighted by molar-refractivity contribution is 6.31.